The molecule has 0 aliphatic carbocycles. The molecule has 0 aromatic carbocycles. The molecule has 0 amide bonds. The van der Waals surface area contributed by atoms with E-state index in [1.807, 2.05) is 0 Å². The number of rotatable bonds is 4. The van der Waals surface area contributed by atoms with Gasteiger partial charge in [0, 0.05) is 18.5 Å². The minimum Gasteiger partial charge on any atom is -0.206 e. The van der Waals surface area contributed by atoms with E-state index in [1.54, 1.807) is 26.8 Å². The summed E-state index contributed by atoms with van der Waals surface area (Å²) in [5.41, 5.74) is 0.137. The first-order chi connectivity index (χ1) is 7.63. The third-order valence-electron chi connectivity index (χ3n) is 2.63. The molecule has 0 bridgehead atoms. The Morgan fingerprint density at radius 3 is 2.35 bits per heavy atom. The number of alkyl halides is 1. The molecule has 0 aliphatic heterocycles. The average Bonchev–Trinajstić information content (AvgIpc) is 2.58. The maximum Gasteiger partial charge on any atom is 0.252 e. The zero-order valence-corrected chi connectivity index (χ0v) is 13.3. The summed E-state index contributed by atoms with van der Waals surface area (Å²) in [7, 11) is -2.00. The first-order valence-corrected chi connectivity index (χ1v) is 8.11. The molecule has 1 aromatic rings. The zero-order valence-electron chi connectivity index (χ0n) is 10.1. The summed E-state index contributed by atoms with van der Waals surface area (Å²) in [4.78, 5) is 0. The van der Waals surface area contributed by atoms with E-state index in [1.165, 1.54) is 11.4 Å². The molecule has 0 fully saturated rings. The number of hydrogen-bond donors (Lipinski definition) is 0. The van der Waals surface area contributed by atoms with E-state index in [0.29, 0.717) is 4.34 Å². The maximum atomic E-state index is 12.3. The Hall–Kier alpha value is 0.190. The van der Waals surface area contributed by atoms with E-state index in [9.17, 15) is 8.42 Å². The topological polar surface area (TPSA) is 37.4 Å². The van der Waals surface area contributed by atoms with Crippen LogP contribution < -0.4 is 0 Å². The highest BCUT2D eigenvalue weighted by atomic mass is 35.5. The van der Waals surface area contributed by atoms with E-state index >= 15 is 0 Å². The SMILES string of the molecule is Cc1cc(S(=O)(=O)N(C)C(C)(C)CCl)sc1Cl. The number of aryl methyl sites for hydroxylation is 1. The van der Waals surface area contributed by atoms with Crippen molar-refractivity contribution in [3.8, 4) is 0 Å². The quantitative estimate of drug-likeness (QED) is 0.799. The highest BCUT2D eigenvalue weighted by Gasteiger charge is 2.34. The molecule has 7 heteroatoms. The van der Waals surface area contributed by atoms with Crippen LogP contribution in [-0.2, 0) is 10.0 Å². The third-order valence-corrected chi connectivity index (χ3v) is 7.36. The first kappa shape index (κ1) is 15.2. The molecule has 0 radical (unpaired) electrons. The molecule has 0 saturated heterocycles. The molecule has 1 rings (SSSR count). The normalized spacial score (nSPS) is 13.4. The van der Waals surface area contributed by atoms with Gasteiger partial charge in [0.2, 0.25) is 0 Å². The van der Waals surface area contributed by atoms with E-state index in [2.05, 4.69) is 0 Å². The predicted octanol–water partition coefficient (Wildman–Crippen LogP) is 3.35. The van der Waals surface area contributed by atoms with Crippen molar-refractivity contribution >= 4 is 44.6 Å². The number of halogens is 2. The average molecular weight is 316 g/mol. The van der Waals surface area contributed by atoms with Crippen LogP contribution in [0.25, 0.3) is 0 Å². The van der Waals surface area contributed by atoms with Crippen molar-refractivity contribution in [2.24, 2.45) is 0 Å². The van der Waals surface area contributed by atoms with Crippen molar-refractivity contribution < 1.29 is 8.42 Å². The number of thiophene rings is 1. The fourth-order valence-electron chi connectivity index (χ4n) is 1.10. The van der Waals surface area contributed by atoms with Crippen LogP contribution in [0, 0.1) is 6.92 Å². The Balaban J connectivity index is 3.20. The molecule has 98 valence electrons. The van der Waals surface area contributed by atoms with Gasteiger partial charge in [0.25, 0.3) is 10.0 Å². The summed E-state index contributed by atoms with van der Waals surface area (Å²) in [5, 5.41) is 0. The standard InChI is InChI=1S/C10H15Cl2NO2S2/c1-7-5-8(16-9(7)12)17(14,15)13(4)10(2,3)6-11/h5H,6H2,1-4H3. The number of nitrogens with zero attached hydrogens (tertiary/aromatic N) is 1. The van der Waals surface area contributed by atoms with Gasteiger partial charge in [0.05, 0.1) is 4.34 Å². The van der Waals surface area contributed by atoms with Gasteiger partial charge in [-0.2, -0.15) is 4.31 Å². The molecule has 17 heavy (non-hydrogen) atoms. The molecule has 3 nitrogen and oxygen atoms in total. The largest absolute Gasteiger partial charge is 0.252 e. The van der Waals surface area contributed by atoms with Crippen molar-refractivity contribution in [2.75, 3.05) is 12.9 Å². The van der Waals surface area contributed by atoms with Gasteiger partial charge in [-0.15, -0.1) is 22.9 Å². The van der Waals surface area contributed by atoms with Gasteiger partial charge in [-0.3, -0.25) is 0 Å². The van der Waals surface area contributed by atoms with Gasteiger partial charge < -0.3 is 0 Å². The molecule has 0 spiro atoms. The zero-order chi connectivity index (χ0) is 13.4. The van der Waals surface area contributed by atoms with Gasteiger partial charge in [-0.1, -0.05) is 11.6 Å². The lowest BCUT2D eigenvalue weighted by Crippen LogP contribution is -2.46. The minimum absolute atomic E-state index is 0.223. The molecule has 0 N–H and O–H groups in total. The Labute approximate surface area is 116 Å². The fourth-order valence-corrected chi connectivity index (χ4v) is 4.74. The molecular weight excluding hydrogens is 301 g/mol. The van der Waals surface area contributed by atoms with Crippen LogP contribution in [-0.4, -0.2) is 31.2 Å². The Bertz CT molecular complexity index is 489. The van der Waals surface area contributed by atoms with E-state index in [0.717, 1.165) is 16.9 Å². The Kier molecular flexibility index (Phi) is 4.53. The fraction of sp³-hybridized carbons (Fsp3) is 0.600. The van der Waals surface area contributed by atoms with Gasteiger partial charge in [0.1, 0.15) is 4.21 Å². The monoisotopic (exact) mass is 315 g/mol. The summed E-state index contributed by atoms with van der Waals surface area (Å²) < 4.78 is 26.7. The molecule has 0 saturated carbocycles. The molecular formula is C10H15Cl2NO2S2. The smallest absolute Gasteiger partial charge is 0.206 e. The predicted molar refractivity (Wildman–Crippen MR) is 73.8 cm³/mol. The van der Waals surface area contributed by atoms with Crippen LogP contribution >= 0.6 is 34.5 Å². The van der Waals surface area contributed by atoms with Gasteiger partial charge in [-0.25, -0.2) is 8.42 Å². The molecule has 0 unspecified atom stereocenters. The summed E-state index contributed by atoms with van der Waals surface area (Å²) in [6, 6.07) is 1.59. The molecule has 1 aromatic heterocycles. The van der Waals surface area contributed by atoms with E-state index in [4.69, 9.17) is 23.2 Å². The summed E-state index contributed by atoms with van der Waals surface area (Å²) in [5.74, 6) is 0.223. The van der Waals surface area contributed by atoms with Gasteiger partial charge in [-0.05, 0) is 32.4 Å². The Morgan fingerprint density at radius 1 is 1.47 bits per heavy atom. The van der Waals surface area contributed by atoms with Crippen LogP contribution in [0.2, 0.25) is 4.34 Å². The van der Waals surface area contributed by atoms with Crippen molar-refractivity contribution in [2.45, 2.75) is 30.5 Å². The van der Waals surface area contributed by atoms with Crippen molar-refractivity contribution in [3.05, 3.63) is 16.0 Å². The van der Waals surface area contributed by atoms with E-state index in [-0.39, 0.29) is 10.1 Å². The van der Waals surface area contributed by atoms with Crippen molar-refractivity contribution in [1.82, 2.24) is 4.31 Å². The Morgan fingerprint density at radius 2 is 2.00 bits per heavy atom. The third kappa shape index (κ3) is 2.96. The van der Waals surface area contributed by atoms with Crippen molar-refractivity contribution in [1.29, 1.82) is 0 Å². The minimum atomic E-state index is -3.53. The van der Waals surface area contributed by atoms with Gasteiger partial charge >= 0.3 is 0 Å². The number of hydrogen-bond acceptors (Lipinski definition) is 3. The second-order valence-corrected chi connectivity index (χ2v) is 8.56. The molecule has 0 aliphatic rings. The highest BCUT2D eigenvalue weighted by Crippen LogP contribution is 2.33. The summed E-state index contributed by atoms with van der Waals surface area (Å²) in [6.45, 7) is 5.34. The second kappa shape index (κ2) is 5.05. The van der Waals surface area contributed by atoms with Crippen LogP contribution in [0.4, 0.5) is 0 Å². The van der Waals surface area contributed by atoms with Crippen LogP contribution in [0.3, 0.4) is 0 Å². The van der Waals surface area contributed by atoms with E-state index < -0.39 is 15.6 Å². The summed E-state index contributed by atoms with van der Waals surface area (Å²) in [6.07, 6.45) is 0. The first-order valence-electron chi connectivity index (χ1n) is 4.94. The van der Waals surface area contributed by atoms with Crippen molar-refractivity contribution in [3.63, 3.8) is 0 Å². The van der Waals surface area contributed by atoms with Crippen LogP contribution in [0.1, 0.15) is 19.4 Å². The lowest BCUT2D eigenvalue weighted by atomic mass is 10.1. The highest BCUT2D eigenvalue weighted by molar-refractivity contribution is 7.91. The molecule has 0 atom stereocenters. The molecule has 1 heterocycles. The summed E-state index contributed by atoms with van der Waals surface area (Å²) >= 11 is 12.8. The van der Waals surface area contributed by atoms with Gasteiger partial charge in [0.15, 0.2) is 0 Å². The maximum absolute atomic E-state index is 12.3. The number of sulfonamides is 1. The second-order valence-electron chi connectivity index (χ2n) is 4.44. The lowest BCUT2D eigenvalue weighted by molar-refractivity contribution is 0.296. The lowest BCUT2D eigenvalue weighted by Gasteiger charge is -2.32. The van der Waals surface area contributed by atoms with Crippen LogP contribution in [0.15, 0.2) is 10.3 Å². The van der Waals surface area contributed by atoms with Crippen LogP contribution in [0.5, 0.6) is 0 Å².